The summed E-state index contributed by atoms with van der Waals surface area (Å²) < 4.78 is 10.7. The van der Waals surface area contributed by atoms with Crippen LogP contribution in [0.4, 0.5) is 11.7 Å². The first-order valence-electron chi connectivity index (χ1n) is 8.59. The topological polar surface area (TPSA) is 88.2 Å². The molecule has 2 aromatic heterocycles. The highest BCUT2D eigenvalue weighted by Gasteiger charge is 2.30. The summed E-state index contributed by atoms with van der Waals surface area (Å²) in [7, 11) is 1.29. The van der Waals surface area contributed by atoms with Crippen molar-refractivity contribution in [2.45, 2.75) is 19.3 Å². The van der Waals surface area contributed by atoms with Gasteiger partial charge in [0, 0.05) is 36.6 Å². The Kier molecular flexibility index (Phi) is 4.20. The molecule has 26 heavy (non-hydrogen) atoms. The fourth-order valence-corrected chi connectivity index (χ4v) is 3.31. The normalized spacial score (nSPS) is 17.6. The van der Waals surface area contributed by atoms with Crippen molar-refractivity contribution in [3.63, 3.8) is 0 Å². The third-order valence-corrected chi connectivity index (χ3v) is 4.63. The molecule has 1 fully saturated rings. The number of furan rings is 1. The molecule has 4 heterocycles. The Hall–Kier alpha value is -3.09. The van der Waals surface area contributed by atoms with Crippen molar-refractivity contribution in [2.24, 2.45) is 4.99 Å². The van der Waals surface area contributed by atoms with Crippen LogP contribution < -0.4 is 4.90 Å². The van der Waals surface area contributed by atoms with E-state index in [1.54, 1.807) is 18.5 Å². The number of piperidine rings is 1. The largest absolute Gasteiger partial charge is 0.504 e. The first kappa shape index (κ1) is 16.4. The van der Waals surface area contributed by atoms with Crippen LogP contribution in [0.5, 0.6) is 5.75 Å². The van der Waals surface area contributed by atoms with Crippen LogP contribution in [0.3, 0.4) is 0 Å². The van der Waals surface area contributed by atoms with E-state index in [1.807, 2.05) is 17.0 Å². The van der Waals surface area contributed by atoms with Crippen molar-refractivity contribution >= 4 is 35.5 Å². The highest BCUT2D eigenvalue weighted by molar-refractivity contribution is 6.21. The molecule has 4 rings (SSSR count). The molecule has 0 atom stereocenters. The lowest BCUT2D eigenvalue weighted by Crippen LogP contribution is -2.30. The Bertz CT molecular complexity index is 908. The lowest BCUT2D eigenvalue weighted by Gasteiger charge is -2.26. The maximum Gasteiger partial charge on any atom is 0.347 e. The van der Waals surface area contributed by atoms with Crippen molar-refractivity contribution in [3.05, 3.63) is 35.2 Å². The van der Waals surface area contributed by atoms with E-state index in [0.717, 1.165) is 43.5 Å². The number of fused-ring (bicyclic) bond motifs is 1. The molecule has 1 N–H and O–H groups in total. The molecule has 0 aliphatic carbocycles. The van der Waals surface area contributed by atoms with Crippen molar-refractivity contribution in [1.29, 1.82) is 0 Å². The van der Waals surface area contributed by atoms with Gasteiger partial charge in [0.15, 0.2) is 22.9 Å². The summed E-state index contributed by atoms with van der Waals surface area (Å²) in [4.78, 5) is 22.6. The third-order valence-electron chi connectivity index (χ3n) is 4.63. The predicted octanol–water partition coefficient (Wildman–Crippen LogP) is 3.41. The second-order valence-corrected chi connectivity index (χ2v) is 6.27. The van der Waals surface area contributed by atoms with E-state index in [-0.39, 0.29) is 17.1 Å². The van der Waals surface area contributed by atoms with Crippen LogP contribution in [0.1, 0.15) is 40.9 Å². The molecule has 2 aliphatic heterocycles. The zero-order valence-corrected chi connectivity index (χ0v) is 14.4. The Morgan fingerprint density at radius 1 is 1.35 bits per heavy atom. The van der Waals surface area contributed by atoms with E-state index in [9.17, 15) is 9.90 Å². The van der Waals surface area contributed by atoms with Crippen LogP contribution in [0.25, 0.3) is 11.6 Å². The van der Waals surface area contributed by atoms with Crippen LogP contribution in [-0.2, 0) is 4.74 Å². The number of aliphatic imine (C=N–C) groups is 1. The maximum absolute atomic E-state index is 12.2. The quantitative estimate of drug-likeness (QED) is 0.851. The SMILES string of the molecule is COC(=O)c1c(N2CCCCC2)oc(C=C2C=Nc3ncccc32)c1O. The molecule has 134 valence electrons. The van der Waals surface area contributed by atoms with Gasteiger partial charge < -0.3 is 19.2 Å². The number of rotatable bonds is 3. The number of esters is 1. The van der Waals surface area contributed by atoms with Gasteiger partial charge in [0.25, 0.3) is 0 Å². The summed E-state index contributed by atoms with van der Waals surface area (Å²) in [6.07, 6.45) is 8.19. The van der Waals surface area contributed by atoms with E-state index >= 15 is 0 Å². The number of hydrogen-bond acceptors (Lipinski definition) is 7. The lowest BCUT2D eigenvalue weighted by molar-refractivity contribution is 0.0598. The average Bonchev–Trinajstić information content (AvgIpc) is 3.24. The number of pyridine rings is 1. The fourth-order valence-electron chi connectivity index (χ4n) is 3.31. The van der Waals surface area contributed by atoms with Crippen molar-refractivity contribution in [2.75, 3.05) is 25.1 Å². The molecule has 2 aromatic rings. The van der Waals surface area contributed by atoms with Gasteiger partial charge in [-0.3, -0.25) is 0 Å². The first-order chi connectivity index (χ1) is 12.7. The van der Waals surface area contributed by atoms with Crippen LogP contribution in [-0.4, -0.2) is 42.5 Å². The molecule has 7 heteroatoms. The minimum atomic E-state index is -0.612. The summed E-state index contributed by atoms with van der Waals surface area (Å²) in [5.74, 6) is 0.370. The number of carbonyl (C=O) groups excluding carboxylic acids is 1. The molecule has 7 nitrogen and oxygen atoms in total. The molecule has 0 saturated carbocycles. The highest BCUT2D eigenvalue weighted by atomic mass is 16.5. The van der Waals surface area contributed by atoms with Crippen molar-refractivity contribution in [1.82, 2.24) is 4.98 Å². The number of aromatic hydroxyl groups is 1. The van der Waals surface area contributed by atoms with E-state index in [4.69, 9.17) is 9.15 Å². The van der Waals surface area contributed by atoms with Gasteiger partial charge >= 0.3 is 5.97 Å². The molecule has 0 aromatic carbocycles. The van der Waals surface area contributed by atoms with E-state index < -0.39 is 5.97 Å². The highest BCUT2D eigenvalue weighted by Crippen LogP contribution is 2.40. The van der Waals surface area contributed by atoms with Crippen molar-refractivity contribution < 1.29 is 19.1 Å². The Morgan fingerprint density at radius 2 is 2.15 bits per heavy atom. The van der Waals surface area contributed by atoms with Crippen LogP contribution in [0.2, 0.25) is 0 Å². The van der Waals surface area contributed by atoms with E-state index in [1.165, 1.54) is 7.11 Å². The van der Waals surface area contributed by atoms with Crippen LogP contribution in [0.15, 0.2) is 27.7 Å². The minimum absolute atomic E-state index is 0.0718. The zero-order chi connectivity index (χ0) is 18.1. The Morgan fingerprint density at radius 3 is 2.92 bits per heavy atom. The van der Waals surface area contributed by atoms with Gasteiger partial charge in [0.2, 0.25) is 5.88 Å². The summed E-state index contributed by atoms with van der Waals surface area (Å²) in [6.45, 7) is 1.56. The number of ether oxygens (including phenoxy) is 1. The molecule has 0 amide bonds. The second kappa shape index (κ2) is 6.67. The second-order valence-electron chi connectivity index (χ2n) is 6.27. The van der Waals surface area contributed by atoms with Gasteiger partial charge in [-0.15, -0.1) is 0 Å². The summed E-state index contributed by atoms with van der Waals surface area (Å²) >= 11 is 0. The summed E-state index contributed by atoms with van der Waals surface area (Å²) in [5.41, 5.74) is 1.68. The number of nitrogens with zero attached hydrogens (tertiary/aromatic N) is 3. The number of aromatic nitrogens is 1. The predicted molar refractivity (Wildman–Crippen MR) is 98.0 cm³/mol. The average molecular weight is 353 g/mol. The molecule has 2 aliphatic rings. The molecule has 0 radical (unpaired) electrons. The molecule has 0 unspecified atom stereocenters. The van der Waals surface area contributed by atoms with Gasteiger partial charge in [-0.2, -0.15) is 0 Å². The summed E-state index contributed by atoms with van der Waals surface area (Å²) in [6, 6.07) is 3.72. The Balaban J connectivity index is 1.78. The molecule has 1 saturated heterocycles. The number of methoxy groups -OCH3 is 1. The minimum Gasteiger partial charge on any atom is -0.504 e. The first-order valence-corrected chi connectivity index (χ1v) is 8.59. The maximum atomic E-state index is 12.2. The lowest BCUT2D eigenvalue weighted by atomic mass is 10.1. The smallest absolute Gasteiger partial charge is 0.347 e. The monoisotopic (exact) mass is 353 g/mol. The van der Waals surface area contributed by atoms with Gasteiger partial charge in [0.05, 0.1) is 7.11 Å². The Labute approximate surface area is 150 Å². The number of allylic oxidation sites excluding steroid dienone is 1. The standard InChI is InChI=1S/C19H19N3O4/c1-25-19(24)15-16(23)14(26-18(15)22-8-3-2-4-9-22)10-12-11-21-17-13(12)6-5-7-20-17/h5-7,10-11,23H,2-4,8-9H2,1H3. The summed E-state index contributed by atoms with van der Waals surface area (Å²) in [5, 5.41) is 10.6. The van der Waals surface area contributed by atoms with Crippen LogP contribution in [0, 0.1) is 0 Å². The van der Waals surface area contributed by atoms with Gasteiger partial charge in [-0.05, 0) is 37.5 Å². The molecule has 0 bridgehead atoms. The molecular weight excluding hydrogens is 334 g/mol. The van der Waals surface area contributed by atoms with Gasteiger partial charge in [-0.25, -0.2) is 14.8 Å². The van der Waals surface area contributed by atoms with Crippen molar-refractivity contribution in [3.8, 4) is 5.75 Å². The molecular formula is C19H19N3O4. The van der Waals surface area contributed by atoms with Gasteiger partial charge in [-0.1, -0.05) is 0 Å². The third kappa shape index (κ3) is 2.75. The molecule has 0 spiro atoms. The van der Waals surface area contributed by atoms with Gasteiger partial charge in [0.1, 0.15) is 0 Å². The van der Waals surface area contributed by atoms with E-state index in [0.29, 0.717) is 11.7 Å². The van der Waals surface area contributed by atoms with E-state index in [2.05, 4.69) is 9.98 Å². The number of anilines is 1. The number of hydrogen-bond donors (Lipinski definition) is 1. The van der Waals surface area contributed by atoms with Crippen LogP contribution >= 0.6 is 0 Å². The number of carbonyl (C=O) groups is 1. The fraction of sp³-hybridized carbons (Fsp3) is 0.316. The zero-order valence-electron chi connectivity index (χ0n) is 14.4.